The van der Waals surface area contributed by atoms with E-state index in [-0.39, 0.29) is 6.29 Å². The summed E-state index contributed by atoms with van der Waals surface area (Å²) in [6.07, 6.45) is -44.1. The SMILES string of the molecule is O=C[C@H](O)[C@@H](O)[C@H](O)[C@H](O)CO[C@@H]1O[C@H](CO[C@@H]2O[C@H](CO[C@@H]3O[C@H](CO[C@@H]4O[C@H](CO)[C@@H](O)[C@H](O)[C@H]4O)[C@@H](O)[C@H](O)[C@H]3O)[C@@H](O)[C@H](O)[C@H]2O)[C@@H](O)[C@H](O)[C@H]1O. The number of aldehydes is 1. The first-order valence-electron chi connectivity index (χ1n) is 17.4. The van der Waals surface area contributed by atoms with E-state index in [1.807, 2.05) is 0 Å². The molecule has 24 atom stereocenters. The van der Waals surface area contributed by atoms with Crippen molar-refractivity contribution in [2.75, 3.05) is 33.0 Å². The molecule has 328 valence electrons. The third-order valence-corrected chi connectivity index (χ3v) is 9.79. The van der Waals surface area contributed by atoms with E-state index >= 15 is 0 Å². The van der Waals surface area contributed by atoms with Crippen LogP contribution in [-0.4, -0.2) is 273 Å². The van der Waals surface area contributed by atoms with E-state index in [0.717, 1.165) is 0 Å². The van der Waals surface area contributed by atoms with Crippen LogP contribution in [0.2, 0.25) is 0 Å². The van der Waals surface area contributed by atoms with E-state index in [2.05, 4.69) is 0 Å². The number of ether oxygens (including phenoxy) is 8. The van der Waals surface area contributed by atoms with Crippen molar-refractivity contribution >= 4 is 6.29 Å². The van der Waals surface area contributed by atoms with Crippen molar-refractivity contribution in [2.45, 2.75) is 147 Å². The number of aliphatic hydroxyl groups is 17. The maximum absolute atomic E-state index is 10.6. The molecular weight excluding hydrogens is 776 g/mol. The summed E-state index contributed by atoms with van der Waals surface area (Å²) in [4.78, 5) is 10.6. The molecule has 26 heteroatoms. The Morgan fingerprint density at radius 3 is 1.05 bits per heavy atom. The van der Waals surface area contributed by atoms with E-state index in [4.69, 9.17) is 37.9 Å². The maximum Gasteiger partial charge on any atom is 0.186 e. The van der Waals surface area contributed by atoms with Gasteiger partial charge in [-0.2, -0.15) is 0 Å². The number of hydrogen-bond acceptors (Lipinski definition) is 26. The molecule has 0 saturated carbocycles. The monoisotopic (exact) mass is 828 g/mol. The molecule has 0 aliphatic carbocycles. The molecule has 0 aromatic rings. The molecule has 0 aromatic heterocycles. The summed E-state index contributed by atoms with van der Waals surface area (Å²) in [5.41, 5.74) is 0. The second-order valence-electron chi connectivity index (χ2n) is 13.7. The van der Waals surface area contributed by atoms with Crippen LogP contribution in [0.3, 0.4) is 0 Å². The van der Waals surface area contributed by atoms with Gasteiger partial charge in [-0.05, 0) is 0 Å². The second kappa shape index (κ2) is 20.8. The summed E-state index contributed by atoms with van der Waals surface area (Å²) in [6, 6.07) is 0. The van der Waals surface area contributed by atoms with Crippen LogP contribution in [0.25, 0.3) is 0 Å². The van der Waals surface area contributed by atoms with Crippen LogP contribution in [0, 0.1) is 0 Å². The van der Waals surface area contributed by atoms with Gasteiger partial charge in [0.2, 0.25) is 0 Å². The van der Waals surface area contributed by atoms with Crippen molar-refractivity contribution in [3.05, 3.63) is 0 Å². The molecule has 17 N–H and O–H groups in total. The first kappa shape index (κ1) is 47.3. The molecule has 26 nitrogen and oxygen atoms in total. The minimum absolute atomic E-state index is 0.0979. The highest BCUT2D eigenvalue weighted by Crippen LogP contribution is 2.29. The number of aliphatic hydroxyl groups excluding tert-OH is 17. The standard InChI is InChI=1S/C30H52O26/c31-1-7(33)13(35)14(36)8(34)3-49-27-24(46)20(42)16(38)10(54-27)5-51-29-26(48)22(44)18(40)12(56-29)6-52-30-25(47)21(43)17(39)11(55-30)4-50-28-23(45)19(41)15(37)9(2-32)53-28/h1,7-30,32-48H,2-6H2/t7-,8+,9+,10+,11+,12+,13+,14+,15+,16+,17+,18+,19-,20-,21-,22-,23+,24+,25+,26+,27+,28+,29+,30+/m0/s1. The van der Waals surface area contributed by atoms with Crippen LogP contribution in [-0.2, 0) is 42.7 Å². The summed E-state index contributed by atoms with van der Waals surface area (Å²) >= 11 is 0. The highest BCUT2D eigenvalue weighted by molar-refractivity contribution is 5.56. The molecule has 4 saturated heterocycles. The average Bonchev–Trinajstić information content (AvgIpc) is 3.19. The quantitative estimate of drug-likeness (QED) is 0.0605. The van der Waals surface area contributed by atoms with Gasteiger partial charge in [-0.15, -0.1) is 0 Å². The minimum atomic E-state index is -2.12. The van der Waals surface area contributed by atoms with Gasteiger partial charge in [0.1, 0.15) is 122 Å². The maximum atomic E-state index is 10.6. The summed E-state index contributed by atoms with van der Waals surface area (Å²) < 4.78 is 43.1. The predicted molar refractivity (Wildman–Crippen MR) is 168 cm³/mol. The lowest BCUT2D eigenvalue weighted by Gasteiger charge is -2.44. The molecule has 4 fully saturated rings. The van der Waals surface area contributed by atoms with Crippen LogP contribution in [0.4, 0.5) is 0 Å². The van der Waals surface area contributed by atoms with E-state index < -0.39 is 180 Å². The van der Waals surface area contributed by atoms with Crippen molar-refractivity contribution in [1.82, 2.24) is 0 Å². The fourth-order valence-electron chi connectivity index (χ4n) is 6.15. The van der Waals surface area contributed by atoms with Crippen molar-refractivity contribution in [3.8, 4) is 0 Å². The van der Waals surface area contributed by atoms with Gasteiger partial charge in [0.05, 0.1) is 33.0 Å². The Morgan fingerprint density at radius 1 is 0.429 bits per heavy atom. The molecule has 0 aromatic carbocycles. The molecule has 4 aliphatic rings. The molecule has 4 aliphatic heterocycles. The van der Waals surface area contributed by atoms with Crippen LogP contribution < -0.4 is 0 Å². The van der Waals surface area contributed by atoms with Gasteiger partial charge in [-0.3, -0.25) is 0 Å². The fourth-order valence-corrected chi connectivity index (χ4v) is 6.15. The van der Waals surface area contributed by atoms with Crippen LogP contribution >= 0.6 is 0 Å². The molecule has 0 unspecified atom stereocenters. The highest BCUT2D eigenvalue weighted by atomic mass is 16.8. The van der Waals surface area contributed by atoms with Gasteiger partial charge < -0.3 is 130 Å². The normalized spacial score (nSPS) is 47.2. The first-order chi connectivity index (χ1) is 26.3. The Balaban J connectivity index is 1.32. The Morgan fingerprint density at radius 2 is 0.732 bits per heavy atom. The molecule has 0 amide bonds. The van der Waals surface area contributed by atoms with Gasteiger partial charge in [0.15, 0.2) is 31.4 Å². The number of rotatable bonds is 17. The van der Waals surface area contributed by atoms with E-state index in [1.54, 1.807) is 0 Å². The Kier molecular flexibility index (Phi) is 17.6. The molecule has 0 bridgehead atoms. The van der Waals surface area contributed by atoms with Gasteiger partial charge in [-0.25, -0.2) is 0 Å². The lowest BCUT2D eigenvalue weighted by molar-refractivity contribution is -0.348. The third-order valence-electron chi connectivity index (χ3n) is 9.79. The first-order valence-corrected chi connectivity index (χ1v) is 17.4. The van der Waals surface area contributed by atoms with Crippen molar-refractivity contribution in [3.63, 3.8) is 0 Å². The topological polar surface area (TPSA) is 435 Å². The summed E-state index contributed by atoms with van der Waals surface area (Å²) in [7, 11) is 0. The number of carbonyl (C=O) groups excluding carboxylic acids is 1. The smallest absolute Gasteiger partial charge is 0.186 e. The van der Waals surface area contributed by atoms with Gasteiger partial charge in [-0.1, -0.05) is 0 Å². The third kappa shape index (κ3) is 10.7. The van der Waals surface area contributed by atoms with Crippen molar-refractivity contribution in [2.24, 2.45) is 0 Å². The van der Waals surface area contributed by atoms with Gasteiger partial charge in [0, 0.05) is 0 Å². The largest absolute Gasteiger partial charge is 0.394 e. The Labute approximate surface area is 316 Å². The predicted octanol–water partition coefficient (Wildman–Crippen LogP) is -12.1. The second-order valence-corrected chi connectivity index (χ2v) is 13.7. The van der Waals surface area contributed by atoms with Crippen LogP contribution in [0.15, 0.2) is 0 Å². The highest BCUT2D eigenvalue weighted by Gasteiger charge is 2.51. The molecule has 0 radical (unpaired) electrons. The van der Waals surface area contributed by atoms with Crippen LogP contribution in [0.1, 0.15) is 0 Å². The number of hydrogen-bond donors (Lipinski definition) is 17. The van der Waals surface area contributed by atoms with E-state index in [1.165, 1.54) is 0 Å². The zero-order valence-corrected chi connectivity index (χ0v) is 29.2. The Hall–Kier alpha value is -1.33. The summed E-state index contributed by atoms with van der Waals surface area (Å²) in [5.74, 6) is 0. The van der Waals surface area contributed by atoms with Gasteiger partial charge in [0.25, 0.3) is 0 Å². The molecule has 0 spiro atoms. The summed E-state index contributed by atoms with van der Waals surface area (Å²) in [6.45, 7) is -3.88. The Bertz CT molecular complexity index is 1190. The van der Waals surface area contributed by atoms with E-state index in [9.17, 15) is 91.6 Å². The minimum Gasteiger partial charge on any atom is -0.394 e. The lowest BCUT2D eigenvalue weighted by atomic mass is 9.98. The molecule has 4 rings (SSSR count). The zero-order valence-electron chi connectivity index (χ0n) is 29.2. The molecular formula is C30H52O26. The zero-order chi connectivity index (χ0) is 41.8. The fraction of sp³-hybridized carbons (Fsp3) is 0.967. The van der Waals surface area contributed by atoms with Crippen LogP contribution in [0.5, 0.6) is 0 Å². The van der Waals surface area contributed by atoms with E-state index in [0.29, 0.717) is 0 Å². The number of carbonyl (C=O) groups is 1. The lowest BCUT2D eigenvalue weighted by Crippen LogP contribution is -2.63. The van der Waals surface area contributed by atoms with Crippen molar-refractivity contribution < 1.29 is 130 Å². The van der Waals surface area contributed by atoms with Crippen molar-refractivity contribution in [1.29, 1.82) is 0 Å². The summed E-state index contributed by atoms with van der Waals surface area (Å²) in [5, 5.41) is 173. The van der Waals surface area contributed by atoms with Gasteiger partial charge >= 0.3 is 0 Å². The molecule has 56 heavy (non-hydrogen) atoms. The molecule has 4 heterocycles. The average molecular weight is 829 g/mol.